The first kappa shape index (κ1) is 16.8. The van der Waals surface area contributed by atoms with Crippen LogP contribution in [-0.4, -0.2) is 4.98 Å². The standard InChI is InChI=1S/C23H25N2O/c1-6-16-11-12-25(5)20(13-16)21-15(4)7-8-17-18-9-10-19(14(2)3)24-23(18)26-22(17)21/h7-14H,6H2,1-5H3/q+1. The summed E-state index contributed by atoms with van der Waals surface area (Å²) in [5.41, 5.74) is 7.59. The Morgan fingerprint density at radius 1 is 1.08 bits per heavy atom. The van der Waals surface area contributed by atoms with Gasteiger partial charge in [0, 0.05) is 28.6 Å². The van der Waals surface area contributed by atoms with Gasteiger partial charge in [-0.1, -0.05) is 32.9 Å². The van der Waals surface area contributed by atoms with Crippen LogP contribution in [0.3, 0.4) is 0 Å². The van der Waals surface area contributed by atoms with Gasteiger partial charge in [0.25, 0.3) is 0 Å². The van der Waals surface area contributed by atoms with Crippen molar-refractivity contribution in [2.24, 2.45) is 7.05 Å². The maximum absolute atomic E-state index is 6.31. The van der Waals surface area contributed by atoms with Gasteiger partial charge in [0.2, 0.25) is 11.4 Å². The van der Waals surface area contributed by atoms with Crippen LogP contribution in [0.5, 0.6) is 0 Å². The molecule has 0 spiro atoms. The number of hydrogen-bond acceptors (Lipinski definition) is 2. The van der Waals surface area contributed by atoms with Gasteiger partial charge in [-0.25, -0.2) is 9.55 Å². The minimum atomic E-state index is 0.382. The first-order valence-corrected chi connectivity index (χ1v) is 9.31. The second-order valence-electron chi connectivity index (χ2n) is 7.36. The Balaban J connectivity index is 2.06. The predicted molar refractivity (Wildman–Crippen MR) is 106 cm³/mol. The molecule has 0 saturated heterocycles. The Hall–Kier alpha value is -2.68. The van der Waals surface area contributed by atoms with E-state index in [0.29, 0.717) is 5.92 Å². The van der Waals surface area contributed by atoms with Gasteiger partial charge in [-0.05, 0) is 42.5 Å². The van der Waals surface area contributed by atoms with Crippen molar-refractivity contribution in [3.8, 4) is 11.3 Å². The van der Waals surface area contributed by atoms with E-state index in [2.05, 4.69) is 81.9 Å². The van der Waals surface area contributed by atoms with Gasteiger partial charge in [0.05, 0.1) is 5.56 Å². The quantitative estimate of drug-likeness (QED) is 0.461. The van der Waals surface area contributed by atoms with E-state index in [1.165, 1.54) is 16.8 Å². The van der Waals surface area contributed by atoms with Crippen LogP contribution in [-0.2, 0) is 13.5 Å². The third-order valence-electron chi connectivity index (χ3n) is 5.21. The fourth-order valence-corrected chi connectivity index (χ4v) is 3.56. The molecule has 3 heterocycles. The number of furan rings is 1. The fourth-order valence-electron chi connectivity index (χ4n) is 3.56. The Morgan fingerprint density at radius 3 is 2.58 bits per heavy atom. The van der Waals surface area contributed by atoms with Crippen molar-refractivity contribution in [1.82, 2.24) is 4.98 Å². The summed E-state index contributed by atoms with van der Waals surface area (Å²) in [7, 11) is 2.09. The van der Waals surface area contributed by atoms with Crippen molar-refractivity contribution >= 4 is 22.1 Å². The lowest BCUT2D eigenvalue weighted by Crippen LogP contribution is -2.30. The van der Waals surface area contributed by atoms with E-state index < -0.39 is 0 Å². The molecule has 26 heavy (non-hydrogen) atoms. The molecule has 0 unspecified atom stereocenters. The van der Waals surface area contributed by atoms with Gasteiger partial charge in [-0.15, -0.1) is 0 Å². The lowest BCUT2D eigenvalue weighted by atomic mass is 9.99. The minimum Gasteiger partial charge on any atom is -0.437 e. The highest BCUT2D eigenvalue weighted by atomic mass is 16.3. The number of benzene rings is 1. The number of hydrogen-bond donors (Lipinski definition) is 0. The Bertz CT molecular complexity index is 1120. The summed E-state index contributed by atoms with van der Waals surface area (Å²) in [5.74, 6) is 0.382. The molecule has 0 amide bonds. The first-order valence-electron chi connectivity index (χ1n) is 9.31. The van der Waals surface area contributed by atoms with E-state index in [-0.39, 0.29) is 0 Å². The molecule has 0 N–H and O–H groups in total. The van der Waals surface area contributed by atoms with Crippen molar-refractivity contribution in [3.05, 3.63) is 59.4 Å². The topological polar surface area (TPSA) is 29.9 Å². The highest BCUT2D eigenvalue weighted by Gasteiger charge is 2.21. The molecule has 0 aliphatic heterocycles. The normalized spacial score (nSPS) is 11.8. The monoisotopic (exact) mass is 345 g/mol. The molecule has 0 saturated carbocycles. The van der Waals surface area contributed by atoms with Crippen LogP contribution in [0.4, 0.5) is 0 Å². The Labute approximate surface area is 154 Å². The molecule has 132 valence electrons. The number of aromatic nitrogens is 2. The predicted octanol–water partition coefficient (Wildman–Crippen LogP) is 5.47. The fraction of sp³-hybridized carbons (Fsp3) is 0.304. The second kappa shape index (κ2) is 6.24. The summed E-state index contributed by atoms with van der Waals surface area (Å²) in [4.78, 5) is 4.76. The molecular formula is C23H25N2O+. The van der Waals surface area contributed by atoms with Crippen LogP contribution in [0, 0.1) is 6.92 Å². The zero-order valence-electron chi connectivity index (χ0n) is 16.1. The summed E-state index contributed by atoms with van der Waals surface area (Å²) in [6, 6.07) is 13.0. The smallest absolute Gasteiger partial charge is 0.227 e. The molecule has 0 bridgehead atoms. The molecule has 0 radical (unpaired) electrons. The largest absolute Gasteiger partial charge is 0.437 e. The van der Waals surface area contributed by atoms with Crippen LogP contribution < -0.4 is 4.57 Å². The Kier molecular flexibility index (Phi) is 4.03. The number of pyridine rings is 2. The van der Waals surface area contributed by atoms with E-state index in [9.17, 15) is 0 Å². The first-order chi connectivity index (χ1) is 12.5. The second-order valence-corrected chi connectivity index (χ2v) is 7.36. The number of aryl methyl sites for hydroxylation is 3. The van der Waals surface area contributed by atoms with Gasteiger partial charge in [-0.3, -0.25) is 0 Å². The average molecular weight is 345 g/mol. The zero-order chi connectivity index (χ0) is 18.4. The molecule has 0 aliphatic carbocycles. The van der Waals surface area contributed by atoms with Crippen LogP contribution in [0.2, 0.25) is 0 Å². The van der Waals surface area contributed by atoms with Crippen molar-refractivity contribution < 1.29 is 8.98 Å². The summed E-state index contributed by atoms with van der Waals surface area (Å²) >= 11 is 0. The maximum atomic E-state index is 6.31. The summed E-state index contributed by atoms with van der Waals surface area (Å²) in [6.07, 6.45) is 3.15. The molecule has 0 aliphatic rings. The van der Waals surface area contributed by atoms with Crippen LogP contribution in [0.1, 0.15) is 43.5 Å². The summed E-state index contributed by atoms with van der Waals surface area (Å²) < 4.78 is 8.48. The minimum absolute atomic E-state index is 0.382. The van der Waals surface area contributed by atoms with Gasteiger partial charge in [-0.2, -0.15) is 0 Å². The lowest BCUT2D eigenvalue weighted by Gasteiger charge is -2.06. The number of rotatable bonds is 3. The highest BCUT2D eigenvalue weighted by molar-refractivity contribution is 6.08. The average Bonchev–Trinajstić information content (AvgIpc) is 3.00. The van der Waals surface area contributed by atoms with Crippen LogP contribution >= 0.6 is 0 Å². The van der Waals surface area contributed by atoms with Gasteiger partial charge in [0.1, 0.15) is 7.05 Å². The van der Waals surface area contributed by atoms with Crippen molar-refractivity contribution in [2.75, 3.05) is 0 Å². The van der Waals surface area contributed by atoms with E-state index in [4.69, 9.17) is 9.40 Å². The molecule has 3 aromatic heterocycles. The zero-order valence-corrected chi connectivity index (χ0v) is 16.1. The molecule has 0 atom stereocenters. The Morgan fingerprint density at radius 2 is 1.85 bits per heavy atom. The molecular weight excluding hydrogens is 320 g/mol. The molecule has 0 fully saturated rings. The van der Waals surface area contributed by atoms with Gasteiger partial charge < -0.3 is 4.42 Å². The van der Waals surface area contributed by atoms with Crippen LogP contribution in [0.25, 0.3) is 33.3 Å². The van der Waals surface area contributed by atoms with Crippen molar-refractivity contribution in [3.63, 3.8) is 0 Å². The van der Waals surface area contributed by atoms with Crippen LogP contribution in [0.15, 0.2) is 47.0 Å². The molecule has 4 rings (SSSR count). The van der Waals surface area contributed by atoms with E-state index in [0.717, 1.165) is 39.7 Å². The maximum Gasteiger partial charge on any atom is 0.227 e. The molecule has 3 heteroatoms. The van der Waals surface area contributed by atoms with E-state index in [1.807, 2.05) is 0 Å². The SMILES string of the molecule is CCc1cc[n+](C)c(-c2c(C)ccc3c2oc2nc(C(C)C)ccc23)c1. The van der Waals surface area contributed by atoms with Gasteiger partial charge >= 0.3 is 0 Å². The third kappa shape index (κ3) is 2.59. The highest BCUT2D eigenvalue weighted by Crippen LogP contribution is 2.36. The lowest BCUT2D eigenvalue weighted by molar-refractivity contribution is -0.660. The number of nitrogens with zero attached hydrogens (tertiary/aromatic N) is 2. The van der Waals surface area contributed by atoms with Crippen molar-refractivity contribution in [1.29, 1.82) is 0 Å². The molecule has 3 nitrogen and oxygen atoms in total. The molecule has 1 aromatic carbocycles. The van der Waals surface area contributed by atoms with E-state index in [1.54, 1.807) is 0 Å². The van der Waals surface area contributed by atoms with Crippen molar-refractivity contribution in [2.45, 2.75) is 40.0 Å². The number of fused-ring (bicyclic) bond motifs is 3. The third-order valence-corrected chi connectivity index (χ3v) is 5.21. The summed E-state index contributed by atoms with van der Waals surface area (Å²) in [6.45, 7) is 8.64. The van der Waals surface area contributed by atoms with Gasteiger partial charge in [0.15, 0.2) is 11.8 Å². The van der Waals surface area contributed by atoms with E-state index >= 15 is 0 Å². The molecule has 4 aromatic rings. The summed E-state index contributed by atoms with van der Waals surface area (Å²) in [5, 5.41) is 2.21.